The van der Waals surface area contributed by atoms with Gasteiger partial charge in [0.1, 0.15) is 0 Å². The van der Waals surface area contributed by atoms with Gasteiger partial charge in [-0.3, -0.25) is 14.5 Å². The number of hydrogen-bond donors (Lipinski definition) is 1. The fraction of sp³-hybridized carbons (Fsp3) is 0.818. The third-order valence-electron chi connectivity index (χ3n) is 3.03. The van der Waals surface area contributed by atoms with E-state index in [2.05, 4.69) is 10.2 Å². The van der Waals surface area contributed by atoms with Crippen molar-refractivity contribution in [2.75, 3.05) is 46.0 Å². The maximum atomic E-state index is 11.9. The Morgan fingerprint density at radius 2 is 1.88 bits per heavy atom. The molecule has 1 saturated heterocycles. The first-order chi connectivity index (χ1) is 8.08. The van der Waals surface area contributed by atoms with E-state index in [0.29, 0.717) is 6.54 Å². The van der Waals surface area contributed by atoms with Crippen molar-refractivity contribution in [3.8, 4) is 0 Å². The second kappa shape index (κ2) is 6.86. The zero-order valence-corrected chi connectivity index (χ0v) is 11.5. The second-order valence-corrected chi connectivity index (χ2v) is 5.33. The molecule has 1 aliphatic rings. The van der Waals surface area contributed by atoms with Crippen molar-refractivity contribution >= 4 is 23.6 Å². The third kappa shape index (κ3) is 4.20. The molecule has 0 spiro atoms. The molecule has 0 radical (unpaired) electrons. The van der Waals surface area contributed by atoms with Gasteiger partial charge in [0.05, 0.1) is 11.8 Å². The Labute approximate surface area is 107 Å². The monoisotopic (exact) mass is 259 g/mol. The molecule has 2 amide bonds. The first-order valence-electron chi connectivity index (χ1n) is 5.83. The molecule has 0 aromatic carbocycles. The summed E-state index contributed by atoms with van der Waals surface area (Å²) in [6.07, 6.45) is 1.95. The molecular formula is C11H21N3O2S. The SMILES string of the molecule is CNC(=O)CN1CCN(C(=O)C(C)SC)CC1. The first-order valence-corrected chi connectivity index (χ1v) is 7.11. The number of thioether (sulfide) groups is 1. The molecule has 1 N–H and O–H groups in total. The van der Waals surface area contributed by atoms with Crippen LogP contribution >= 0.6 is 11.8 Å². The molecule has 0 saturated carbocycles. The van der Waals surface area contributed by atoms with E-state index in [1.54, 1.807) is 18.8 Å². The molecule has 1 unspecified atom stereocenters. The van der Waals surface area contributed by atoms with Crippen LogP contribution in [0.5, 0.6) is 0 Å². The zero-order valence-electron chi connectivity index (χ0n) is 10.7. The third-order valence-corrected chi connectivity index (χ3v) is 3.94. The molecule has 0 aromatic heterocycles. The van der Waals surface area contributed by atoms with Crippen LogP contribution in [0, 0.1) is 0 Å². The molecule has 1 heterocycles. The van der Waals surface area contributed by atoms with Gasteiger partial charge >= 0.3 is 0 Å². The van der Waals surface area contributed by atoms with E-state index in [0.717, 1.165) is 26.2 Å². The summed E-state index contributed by atoms with van der Waals surface area (Å²) in [5.41, 5.74) is 0. The van der Waals surface area contributed by atoms with Gasteiger partial charge in [-0.25, -0.2) is 0 Å². The van der Waals surface area contributed by atoms with E-state index < -0.39 is 0 Å². The second-order valence-electron chi connectivity index (χ2n) is 4.15. The maximum absolute atomic E-state index is 11.9. The van der Waals surface area contributed by atoms with Crippen LogP contribution in [0.3, 0.4) is 0 Å². The molecule has 0 aliphatic carbocycles. The van der Waals surface area contributed by atoms with Crippen molar-refractivity contribution in [3.63, 3.8) is 0 Å². The minimum atomic E-state index is 0.0282. The van der Waals surface area contributed by atoms with Gasteiger partial charge in [0, 0.05) is 33.2 Å². The summed E-state index contributed by atoms with van der Waals surface area (Å²) in [4.78, 5) is 27.1. The van der Waals surface area contributed by atoms with Crippen LogP contribution in [0.4, 0.5) is 0 Å². The first kappa shape index (κ1) is 14.3. The quantitative estimate of drug-likeness (QED) is 0.748. The molecule has 5 nitrogen and oxygen atoms in total. The minimum absolute atomic E-state index is 0.0282. The largest absolute Gasteiger partial charge is 0.358 e. The Hall–Kier alpha value is -0.750. The van der Waals surface area contributed by atoms with Gasteiger partial charge in [-0.05, 0) is 13.2 Å². The topological polar surface area (TPSA) is 52.7 Å². The lowest BCUT2D eigenvalue weighted by Gasteiger charge is -2.35. The van der Waals surface area contributed by atoms with E-state index >= 15 is 0 Å². The van der Waals surface area contributed by atoms with E-state index in [1.165, 1.54) is 0 Å². The summed E-state index contributed by atoms with van der Waals surface area (Å²) in [6.45, 7) is 5.36. The van der Waals surface area contributed by atoms with Crippen molar-refractivity contribution in [2.24, 2.45) is 0 Å². The van der Waals surface area contributed by atoms with Crippen molar-refractivity contribution in [1.82, 2.24) is 15.1 Å². The minimum Gasteiger partial charge on any atom is -0.358 e. The molecule has 17 heavy (non-hydrogen) atoms. The molecule has 0 aromatic rings. The lowest BCUT2D eigenvalue weighted by atomic mass is 10.3. The number of rotatable bonds is 4. The molecular weight excluding hydrogens is 238 g/mol. The van der Waals surface area contributed by atoms with E-state index in [-0.39, 0.29) is 17.1 Å². The summed E-state index contributed by atoms with van der Waals surface area (Å²) in [5, 5.41) is 2.64. The molecule has 0 bridgehead atoms. The van der Waals surface area contributed by atoms with Crippen molar-refractivity contribution in [1.29, 1.82) is 0 Å². The van der Waals surface area contributed by atoms with E-state index in [1.807, 2.05) is 18.1 Å². The summed E-state index contributed by atoms with van der Waals surface area (Å²) in [6, 6.07) is 0. The van der Waals surface area contributed by atoms with Gasteiger partial charge in [0.2, 0.25) is 11.8 Å². The Balaban J connectivity index is 2.35. The fourth-order valence-corrected chi connectivity index (χ4v) is 2.12. The number of carbonyl (C=O) groups is 2. The summed E-state index contributed by atoms with van der Waals surface area (Å²) in [7, 11) is 1.64. The van der Waals surface area contributed by atoms with Crippen LogP contribution in [-0.2, 0) is 9.59 Å². The number of amides is 2. The lowest BCUT2D eigenvalue weighted by molar-refractivity contribution is -0.132. The van der Waals surface area contributed by atoms with Crippen molar-refractivity contribution in [3.05, 3.63) is 0 Å². The molecule has 1 atom stereocenters. The number of likely N-dealkylation sites (N-methyl/N-ethyl adjacent to an activating group) is 1. The number of nitrogens with zero attached hydrogens (tertiary/aromatic N) is 2. The van der Waals surface area contributed by atoms with Gasteiger partial charge in [-0.1, -0.05) is 0 Å². The van der Waals surface area contributed by atoms with Crippen LogP contribution in [0.2, 0.25) is 0 Å². The Bertz CT molecular complexity index is 278. The average Bonchev–Trinajstić information content (AvgIpc) is 2.37. The molecule has 98 valence electrons. The van der Waals surface area contributed by atoms with Gasteiger partial charge in [0.15, 0.2) is 0 Å². The Kier molecular flexibility index (Phi) is 5.77. The highest BCUT2D eigenvalue weighted by molar-refractivity contribution is 7.99. The van der Waals surface area contributed by atoms with E-state index in [9.17, 15) is 9.59 Å². The summed E-state index contributed by atoms with van der Waals surface area (Å²) in [5.74, 6) is 0.236. The van der Waals surface area contributed by atoms with E-state index in [4.69, 9.17) is 0 Å². The predicted octanol–water partition coefficient (Wildman–Crippen LogP) is -0.372. The summed E-state index contributed by atoms with van der Waals surface area (Å²) < 4.78 is 0. The van der Waals surface area contributed by atoms with Crippen molar-refractivity contribution < 1.29 is 9.59 Å². The highest BCUT2D eigenvalue weighted by atomic mass is 32.2. The highest BCUT2D eigenvalue weighted by Crippen LogP contribution is 2.11. The smallest absolute Gasteiger partial charge is 0.235 e. The zero-order chi connectivity index (χ0) is 12.8. The fourth-order valence-electron chi connectivity index (χ4n) is 1.77. The molecule has 6 heteroatoms. The van der Waals surface area contributed by atoms with Gasteiger partial charge in [-0.2, -0.15) is 11.8 Å². The maximum Gasteiger partial charge on any atom is 0.235 e. The molecule has 1 fully saturated rings. The van der Waals surface area contributed by atoms with Crippen LogP contribution < -0.4 is 5.32 Å². The highest BCUT2D eigenvalue weighted by Gasteiger charge is 2.24. The standard InChI is InChI=1S/C11H21N3O2S/c1-9(17-3)11(16)14-6-4-13(5-7-14)8-10(15)12-2/h9H,4-8H2,1-3H3,(H,12,15). The van der Waals surface area contributed by atoms with Gasteiger partial charge in [0.25, 0.3) is 0 Å². The summed E-state index contributed by atoms with van der Waals surface area (Å²) >= 11 is 1.57. The van der Waals surface area contributed by atoms with Crippen LogP contribution in [-0.4, -0.2) is 72.9 Å². The van der Waals surface area contributed by atoms with Crippen molar-refractivity contribution in [2.45, 2.75) is 12.2 Å². The average molecular weight is 259 g/mol. The number of hydrogen-bond acceptors (Lipinski definition) is 4. The lowest BCUT2D eigenvalue weighted by Crippen LogP contribution is -2.52. The Morgan fingerprint density at radius 3 is 2.35 bits per heavy atom. The Morgan fingerprint density at radius 1 is 1.29 bits per heavy atom. The van der Waals surface area contributed by atoms with Crippen LogP contribution in [0.25, 0.3) is 0 Å². The molecule has 1 aliphatic heterocycles. The molecule has 1 rings (SSSR count). The number of carbonyl (C=O) groups excluding carboxylic acids is 2. The van der Waals surface area contributed by atoms with Gasteiger partial charge < -0.3 is 10.2 Å². The predicted molar refractivity (Wildman–Crippen MR) is 70.1 cm³/mol. The normalized spacial score (nSPS) is 18.9. The van der Waals surface area contributed by atoms with Crippen LogP contribution in [0.1, 0.15) is 6.92 Å². The number of piperazine rings is 1. The number of nitrogens with one attached hydrogen (secondary N) is 1. The van der Waals surface area contributed by atoms with Crippen LogP contribution in [0.15, 0.2) is 0 Å². The van der Waals surface area contributed by atoms with Gasteiger partial charge in [-0.15, -0.1) is 0 Å².